The molecule has 0 aromatic heterocycles. The second-order valence-electron chi connectivity index (χ2n) is 6.11. The summed E-state index contributed by atoms with van der Waals surface area (Å²) in [5, 5.41) is 3.19. The molecule has 1 saturated carbocycles. The first-order valence-electron chi connectivity index (χ1n) is 6.51. The molecule has 3 heteroatoms. The Balaban J connectivity index is 2.02. The fourth-order valence-electron chi connectivity index (χ4n) is 1.79. The minimum Gasteiger partial charge on any atom is -0.370 e. The Morgan fingerprint density at radius 1 is 1.38 bits per heavy atom. The SMILES string of the molecule is CC(C)(C)CCCNC(N)=NCC1CCC1. The van der Waals surface area contributed by atoms with Crippen molar-refractivity contribution in [2.45, 2.75) is 52.9 Å². The lowest BCUT2D eigenvalue weighted by Gasteiger charge is -2.23. The maximum Gasteiger partial charge on any atom is 0.188 e. The van der Waals surface area contributed by atoms with E-state index in [1.54, 1.807) is 0 Å². The average molecular weight is 225 g/mol. The summed E-state index contributed by atoms with van der Waals surface area (Å²) in [6, 6.07) is 0. The molecule has 0 aliphatic heterocycles. The van der Waals surface area contributed by atoms with Crippen molar-refractivity contribution < 1.29 is 0 Å². The Bertz CT molecular complexity index is 224. The van der Waals surface area contributed by atoms with Gasteiger partial charge in [-0.3, -0.25) is 4.99 Å². The number of hydrogen-bond donors (Lipinski definition) is 2. The minimum atomic E-state index is 0.416. The molecule has 0 atom stereocenters. The molecular weight excluding hydrogens is 198 g/mol. The first-order valence-corrected chi connectivity index (χ1v) is 6.51. The van der Waals surface area contributed by atoms with E-state index in [1.807, 2.05) is 0 Å². The van der Waals surface area contributed by atoms with Gasteiger partial charge in [0.25, 0.3) is 0 Å². The first kappa shape index (κ1) is 13.3. The second-order valence-corrected chi connectivity index (χ2v) is 6.11. The molecule has 1 aliphatic rings. The normalized spacial score (nSPS) is 18.3. The summed E-state index contributed by atoms with van der Waals surface area (Å²) in [4.78, 5) is 4.36. The highest BCUT2D eigenvalue weighted by molar-refractivity contribution is 5.77. The molecule has 0 aromatic rings. The van der Waals surface area contributed by atoms with E-state index in [9.17, 15) is 0 Å². The quantitative estimate of drug-likeness (QED) is 0.429. The third kappa shape index (κ3) is 5.99. The second kappa shape index (κ2) is 6.12. The number of nitrogens with zero attached hydrogens (tertiary/aromatic N) is 1. The van der Waals surface area contributed by atoms with Crippen molar-refractivity contribution >= 4 is 5.96 Å². The van der Waals surface area contributed by atoms with Gasteiger partial charge >= 0.3 is 0 Å². The molecule has 1 aliphatic carbocycles. The van der Waals surface area contributed by atoms with Crippen LogP contribution in [0.15, 0.2) is 4.99 Å². The van der Waals surface area contributed by atoms with Crippen LogP contribution < -0.4 is 11.1 Å². The van der Waals surface area contributed by atoms with Crippen molar-refractivity contribution in [3.63, 3.8) is 0 Å². The molecule has 1 rings (SSSR count). The number of rotatable bonds is 5. The molecule has 0 saturated heterocycles. The molecule has 0 bridgehead atoms. The number of guanidine groups is 1. The van der Waals surface area contributed by atoms with Gasteiger partial charge in [-0.2, -0.15) is 0 Å². The van der Waals surface area contributed by atoms with Crippen LogP contribution in [0.4, 0.5) is 0 Å². The Morgan fingerprint density at radius 3 is 2.56 bits per heavy atom. The van der Waals surface area contributed by atoms with Crippen LogP contribution in [0.1, 0.15) is 52.9 Å². The van der Waals surface area contributed by atoms with Gasteiger partial charge in [-0.15, -0.1) is 0 Å². The van der Waals surface area contributed by atoms with Gasteiger partial charge in [-0.1, -0.05) is 27.2 Å². The van der Waals surface area contributed by atoms with Gasteiger partial charge in [0.05, 0.1) is 0 Å². The number of nitrogens with two attached hydrogens (primary N) is 1. The van der Waals surface area contributed by atoms with Gasteiger partial charge in [0.1, 0.15) is 0 Å². The van der Waals surface area contributed by atoms with Gasteiger partial charge in [0.15, 0.2) is 5.96 Å². The summed E-state index contributed by atoms with van der Waals surface area (Å²) in [6.07, 6.45) is 6.42. The topological polar surface area (TPSA) is 50.4 Å². The third-order valence-corrected chi connectivity index (χ3v) is 3.15. The van der Waals surface area contributed by atoms with E-state index in [1.165, 1.54) is 25.7 Å². The van der Waals surface area contributed by atoms with Gasteiger partial charge in [0, 0.05) is 13.1 Å². The van der Waals surface area contributed by atoms with Gasteiger partial charge in [0.2, 0.25) is 0 Å². The van der Waals surface area contributed by atoms with Crippen LogP contribution in [0.2, 0.25) is 0 Å². The van der Waals surface area contributed by atoms with Crippen LogP contribution in [0, 0.1) is 11.3 Å². The molecule has 3 nitrogen and oxygen atoms in total. The van der Waals surface area contributed by atoms with E-state index in [0.29, 0.717) is 11.4 Å². The summed E-state index contributed by atoms with van der Waals surface area (Å²) >= 11 is 0. The highest BCUT2D eigenvalue weighted by Gasteiger charge is 2.16. The summed E-state index contributed by atoms with van der Waals surface area (Å²) in [5.41, 5.74) is 6.21. The van der Waals surface area contributed by atoms with Crippen molar-refractivity contribution in [1.29, 1.82) is 0 Å². The van der Waals surface area contributed by atoms with Crippen molar-refractivity contribution in [2.24, 2.45) is 22.1 Å². The predicted molar refractivity (Wildman–Crippen MR) is 70.5 cm³/mol. The summed E-state index contributed by atoms with van der Waals surface area (Å²) in [5.74, 6) is 1.43. The van der Waals surface area contributed by atoms with Crippen LogP contribution in [-0.2, 0) is 0 Å². The van der Waals surface area contributed by atoms with Crippen LogP contribution in [0.5, 0.6) is 0 Å². The maximum absolute atomic E-state index is 5.79. The Hall–Kier alpha value is -0.730. The lowest BCUT2D eigenvalue weighted by Crippen LogP contribution is -2.33. The molecule has 94 valence electrons. The molecule has 0 heterocycles. The highest BCUT2D eigenvalue weighted by Crippen LogP contribution is 2.26. The Kier molecular flexibility index (Phi) is 5.10. The summed E-state index contributed by atoms with van der Waals surface area (Å²) < 4.78 is 0. The summed E-state index contributed by atoms with van der Waals surface area (Å²) in [6.45, 7) is 8.65. The molecule has 0 radical (unpaired) electrons. The average Bonchev–Trinajstić information content (AvgIpc) is 2.08. The monoisotopic (exact) mass is 225 g/mol. The van der Waals surface area contributed by atoms with Crippen molar-refractivity contribution in [1.82, 2.24) is 5.32 Å². The zero-order valence-corrected chi connectivity index (χ0v) is 11.1. The standard InChI is InChI=1S/C13H27N3/c1-13(2,3)8-5-9-15-12(14)16-10-11-6-4-7-11/h11H,4-10H2,1-3H3,(H3,14,15,16). The van der Waals surface area contributed by atoms with Crippen molar-refractivity contribution in [2.75, 3.05) is 13.1 Å². The fraction of sp³-hybridized carbons (Fsp3) is 0.923. The first-order chi connectivity index (χ1) is 7.47. The van der Waals surface area contributed by atoms with E-state index >= 15 is 0 Å². The largest absolute Gasteiger partial charge is 0.370 e. The van der Waals surface area contributed by atoms with Crippen LogP contribution in [-0.4, -0.2) is 19.0 Å². The van der Waals surface area contributed by atoms with E-state index in [4.69, 9.17) is 5.73 Å². The van der Waals surface area contributed by atoms with Crippen LogP contribution in [0.25, 0.3) is 0 Å². The third-order valence-electron chi connectivity index (χ3n) is 3.15. The van der Waals surface area contributed by atoms with Crippen LogP contribution >= 0.6 is 0 Å². The molecule has 16 heavy (non-hydrogen) atoms. The van der Waals surface area contributed by atoms with Gasteiger partial charge in [-0.05, 0) is 37.0 Å². The van der Waals surface area contributed by atoms with E-state index in [0.717, 1.165) is 25.4 Å². The summed E-state index contributed by atoms with van der Waals surface area (Å²) in [7, 11) is 0. The molecule has 3 N–H and O–H groups in total. The van der Waals surface area contributed by atoms with E-state index in [2.05, 4.69) is 31.1 Å². The number of hydrogen-bond acceptors (Lipinski definition) is 1. The Morgan fingerprint density at radius 2 is 2.06 bits per heavy atom. The van der Waals surface area contributed by atoms with Gasteiger partial charge < -0.3 is 11.1 Å². The molecule has 0 unspecified atom stereocenters. The predicted octanol–water partition coefficient (Wildman–Crippen LogP) is 2.52. The molecular formula is C13H27N3. The van der Waals surface area contributed by atoms with Crippen LogP contribution in [0.3, 0.4) is 0 Å². The Labute approximate surface area is 99.9 Å². The highest BCUT2D eigenvalue weighted by atomic mass is 15.1. The lowest BCUT2D eigenvalue weighted by atomic mass is 9.86. The van der Waals surface area contributed by atoms with Crippen molar-refractivity contribution in [3.8, 4) is 0 Å². The number of nitrogens with one attached hydrogen (secondary N) is 1. The van der Waals surface area contributed by atoms with Crippen molar-refractivity contribution in [3.05, 3.63) is 0 Å². The zero-order valence-electron chi connectivity index (χ0n) is 11.1. The zero-order chi connectivity index (χ0) is 12.0. The molecule has 0 spiro atoms. The maximum atomic E-state index is 5.79. The fourth-order valence-corrected chi connectivity index (χ4v) is 1.79. The smallest absolute Gasteiger partial charge is 0.188 e. The molecule has 0 aromatic carbocycles. The van der Waals surface area contributed by atoms with E-state index < -0.39 is 0 Å². The lowest BCUT2D eigenvalue weighted by molar-refractivity contribution is 0.326. The minimum absolute atomic E-state index is 0.416. The van der Waals surface area contributed by atoms with Gasteiger partial charge in [-0.25, -0.2) is 0 Å². The number of aliphatic imine (C=N–C) groups is 1. The molecule has 0 amide bonds. The van der Waals surface area contributed by atoms with E-state index in [-0.39, 0.29) is 0 Å². The molecule has 1 fully saturated rings.